The van der Waals surface area contributed by atoms with Crippen molar-refractivity contribution in [2.24, 2.45) is 0 Å². The highest BCUT2D eigenvalue weighted by Gasteiger charge is 2.24. The average Bonchev–Trinajstić information content (AvgIpc) is 2.70. The number of amides is 1. The van der Waals surface area contributed by atoms with Gasteiger partial charge in [-0.3, -0.25) is 4.79 Å². The second kappa shape index (κ2) is 6.69. The van der Waals surface area contributed by atoms with Gasteiger partial charge in [0.15, 0.2) is 5.69 Å². The van der Waals surface area contributed by atoms with Gasteiger partial charge in [0, 0.05) is 5.54 Å². The molecule has 1 aromatic rings. The highest BCUT2D eigenvalue weighted by Crippen LogP contribution is 2.18. The Bertz CT molecular complexity index is 515. The first-order chi connectivity index (χ1) is 9.65. The van der Waals surface area contributed by atoms with Gasteiger partial charge < -0.3 is 10.1 Å². The van der Waals surface area contributed by atoms with E-state index in [1.165, 1.54) is 4.68 Å². The van der Waals surface area contributed by atoms with Gasteiger partial charge in [0.1, 0.15) is 6.54 Å². The summed E-state index contributed by atoms with van der Waals surface area (Å²) in [6.45, 7) is 11.6. The monoisotopic (exact) mass is 296 g/mol. The molecule has 118 valence electrons. The lowest BCUT2D eigenvalue weighted by Crippen LogP contribution is -2.42. The van der Waals surface area contributed by atoms with E-state index in [1.54, 1.807) is 6.92 Å². The van der Waals surface area contributed by atoms with Crippen LogP contribution in [0.1, 0.15) is 63.6 Å². The molecule has 1 aromatic heterocycles. The molecule has 0 radical (unpaired) electrons. The van der Waals surface area contributed by atoms with Gasteiger partial charge >= 0.3 is 5.97 Å². The molecule has 0 saturated heterocycles. The summed E-state index contributed by atoms with van der Waals surface area (Å²) in [6.07, 6.45) is 0. The largest absolute Gasteiger partial charge is 0.461 e. The van der Waals surface area contributed by atoms with Crippen molar-refractivity contribution in [1.29, 1.82) is 0 Å². The quantitative estimate of drug-likeness (QED) is 0.832. The number of aromatic nitrogens is 3. The summed E-state index contributed by atoms with van der Waals surface area (Å²) in [7, 11) is 0. The lowest BCUT2D eigenvalue weighted by atomic mass is 10.1. The van der Waals surface area contributed by atoms with E-state index in [0.717, 1.165) is 0 Å². The minimum atomic E-state index is -0.510. The molecule has 0 atom stereocenters. The summed E-state index contributed by atoms with van der Waals surface area (Å²) >= 11 is 0. The van der Waals surface area contributed by atoms with Crippen LogP contribution in [0.2, 0.25) is 0 Å². The van der Waals surface area contributed by atoms with Crippen molar-refractivity contribution in [3.63, 3.8) is 0 Å². The van der Waals surface area contributed by atoms with Crippen LogP contribution in [0.5, 0.6) is 0 Å². The molecule has 0 aliphatic carbocycles. The predicted octanol–water partition coefficient (Wildman–Crippen LogP) is 1.49. The molecule has 7 heteroatoms. The number of hydrogen-bond acceptors (Lipinski definition) is 5. The Labute approximate surface area is 125 Å². The first-order valence-electron chi connectivity index (χ1n) is 7.07. The summed E-state index contributed by atoms with van der Waals surface area (Å²) in [4.78, 5) is 23.9. The Morgan fingerprint density at radius 3 is 2.43 bits per heavy atom. The molecule has 21 heavy (non-hydrogen) atoms. The van der Waals surface area contributed by atoms with Gasteiger partial charge in [0.25, 0.3) is 0 Å². The fraction of sp³-hybridized carbons (Fsp3) is 0.714. The molecule has 0 bridgehead atoms. The van der Waals surface area contributed by atoms with Gasteiger partial charge in [-0.2, -0.15) is 0 Å². The minimum Gasteiger partial charge on any atom is -0.461 e. The Morgan fingerprint density at radius 1 is 1.33 bits per heavy atom. The SMILES string of the molecule is CCOC(=O)c1nnn(CC(=O)NC(C)(C)C)c1C(C)C. The lowest BCUT2D eigenvalue weighted by molar-refractivity contribution is -0.123. The van der Waals surface area contributed by atoms with Crippen molar-refractivity contribution in [2.45, 2.75) is 59.5 Å². The Hall–Kier alpha value is -1.92. The second-order valence-electron chi connectivity index (χ2n) is 6.15. The molecule has 1 amide bonds. The molecule has 7 nitrogen and oxygen atoms in total. The third-order valence-electron chi connectivity index (χ3n) is 2.60. The Morgan fingerprint density at radius 2 is 1.95 bits per heavy atom. The van der Waals surface area contributed by atoms with Crippen LogP contribution >= 0.6 is 0 Å². The number of rotatable bonds is 5. The van der Waals surface area contributed by atoms with Crippen molar-refractivity contribution < 1.29 is 14.3 Å². The number of nitrogens with zero attached hydrogens (tertiary/aromatic N) is 3. The van der Waals surface area contributed by atoms with Crippen LogP contribution in [0.25, 0.3) is 0 Å². The molecule has 1 rings (SSSR count). The maximum atomic E-state index is 12.0. The summed E-state index contributed by atoms with van der Waals surface area (Å²) in [5.74, 6) is -0.685. The molecule has 0 spiro atoms. The van der Waals surface area contributed by atoms with Crippen molar-refractivity contribution in [2.75, 3.05) is 6.61 Å². The first-order valence-corrected chi connectivity index (χ1v) is 7.07. The molecule has 0 aliphatic rings. The van der Waals surface area contributed by atoms with E-state index in [4.69, 9.17) is 4.74 Å². The van der Waals surface area contributed by atoms with Crippen LogP contribution in [0.4, 0.5) is 0 Å². The van der Waals surface area contributed by atoms with Crippen LogP contribution in [-0.2, 0) is 16.1 Å². The molecule has 0 saturated carbocycles. The summed E-state index contributed by atoms with van der Waals surface area (Å²) in [6, 6.07) is 0. The number of ether oxygens (including phenoxy) is 1. The van der Waals surface area contributed by atoms with E-state index >= 15 is 0 Å². The van der Waals surface area contributed by atoms with Crippen molar-refractivity contribution >= 4 is 11.9 Å². The standard InChI is InChI=1S/C14H24N4O3/c1-7-21-13(20)11-12(9(2)3)18(17-16-11)8-10(19)15-14(4,5)6/h9H,7-8H2,1-6H3,(H,15,19). The maximum Gasteiger partial charge on any atom is 0.360 e. The van der Waals surface area contributed by atoms with E-state index in [0.29, 0.717) is 5.69 Å². The van der Waals surface area contributed by atoms with Gasteiger partial charge in [-0.15, -0.1) is 5.10 Å². The van der Waals surface area contributed by atoms with Crippen LogP contribution in [-0.4, -0.2) is 39.0 Å². The number of carbonyl (C=O) groups is 2. The second-order valence-corrected chi connectivity index (χ2v) is 6.15. The zero-order valence-electron chi connectivity index (χ0n) is 13.6. The van der Waals surface area contributed by atoms with Crippen LogP contribution in [0, 0.1) is 0 Å². The molecule has 0 unspecified atom stereocenters. The number of nitrogens with one attached hydrogen (secondary N) is 1. The summed E-state index contributed by atoms with van der Waals surface area (Å²) < 4.78 is 6.42. The van der Waals surface area contributed by atoms with E-state index < -0.39 is 5.97 Å². The lowest BCUT2D eigenvalue weighted by Gasteiger charge is -2.20. The zero-order valence-corrected chi connectivity index (χ0v) is 13.6. The molecule has 0 aromatic carbocycles. The maximum absolute atomic E-state index is 12.0. The number of hydrogen-bond donors (Lipinski definition) is 1. The van der Waals surface area contributed by atoms with Gasteiger partial charge in [-0.05, 0) is 33.6 Å². The fourth-order valence-corrected chi connectivity index (χ4v) is 1.95. The van der Waals surface area contributed by atoms with Crippen molar-refractivity contribution in [3.05, 3.63) is 11.4 Å². The molecular weight excluding hydrogens is 272 g/mol. The van der Waals surface area contributed by atoms with Crippen LogP contribution in [0.15, 0.2) is 0 Å². The van der Waals surface area contributed by atoms with Gasteiger partial charge in [0.2, 0.25) is 5.91 Å². The van der Waals surface area contributed by atoms with Gasteiger partial charge in [-0.25, -0.2) is 9.48 Å². The molecular formula is C14H24N4O3. The minimum absolute atomic E-state index is 0.00171. The normalized spacial score (nSPS) is 11.6. The Kier molecular flexibility index (Phi) is 5.46. The average molecular weight is 296 g/mol. The molecule has 1 N–H and O–H groups in total. The van der Waals surface area contributed by atoms with E-state index in [9.17, 15) is 9.59 Å². The molecule has 0 aliphatic heterocycles. The van der Waals surface area contributed by atoms with E-state index in [1.807, 2.05) is 34.6 Å². The zero-order chi connectivity index (χ0) is 16.2. The third kappa shape index (κ3) is 4.84. The summed E-state index contributed by atoms with van der Waals surface area (Å²) in [5, 5.41) is 10.6. The number of carbonyl (C=O) groups excluding carboxylic acids is 2. The van der Waals surface area contributed by atoms with Crippen LogP contribution < -0.4 is 5.32 Å². The predicted molar refractivity (Wildman–Crippen MR) is 78.0 cm³/mol. The smallest absolute Gasteiger partial charge is 0.360 e. The van der Waals surface area contributed by atoms with Gasteiger partial charge in [0.05, 0.1) is 12.3 Å². The number of esters is 1. The Balaban J connectivity index is 2.98. The topological polar surface area (TPSA) is 86.1 Å². The van der Waals surface area contributed by atoms with Crippen molar-refractivity contribution in [3.8, 4) is 0 Å². The molecule has 0 fully saturated rings. The van der Waals surface area contributed by atoms with Crippen LogP contribution in [0.3, 0.4) is 0 Å². The molecule has 1 heterocycles. The van der Waals surface area contributed by atoms with E-state index in [-0.39, 0.29) is 36.2 Å². The fourth-order valence-electron chi connectivity index (χ4n) is 1.95. The highest BCUT2D eigenvalue weighted by atomic mass is 16.5. The van der Waals surface area contributed by atoms with E-state index in [2.05, 4.69) is 15.6 Å². The van der Waals surface area contributed by atoms with Crippen molar-refractivity contribution in [1.82, 2.24) is 20.3 Å². The van der Waals surface area contributed by atoms with Gasteiger partial charge in [-0.1, -0.05) is 19.1 Å². The third-order valence-corrected chi connectivity index (χ3v) is 2.60. The summed E-state index contributed by atoms with van der Waals surface area (Å²) in [5.41, 5.74) is 0.465. The first kappa shape index (κ1) is 17.1. The highest BCUT2D eigenvalue weighted by molar-refractivity contribution is 5.88.